The van der Waals surface area contributed by atoms with Crippen molar-refractivity contribution in [3.8, 4) is 22.6 Å². The Morgan fingerprint density at radius 2 is 1.84 bits per heavy atom. The Hall–Kier alpha value is -3.23. The van der Waals surface area contributed by atoms with Gasteiger partial charge in [-0.1, -0.05) is 48.2 Å². The number of nitrogens with zero attached hydrogens (tertiary/aromatic N) is 4. The first-order chi connectivity index (χ1) is 15.5. The van der Waals surface area contributed by atoms with Gasteiger partial charge in [0.25, 0.3) is 5.56 Å². The molecule has 0 bridgehead atoms. The average molecular weight is 461 g/mol. The lowest BCUT2D eigenvalue weighted by molar-refractivity contribution is 0.528. The van der Waals surface area contributed by atoms with E-state index in [4.69, 9.17) is 9.40 Å². The highest BCUT2D eigenvalue weighted by molar-refractivity contribution is 7.98. The Kier molecular flexibility index (Phi) is 5.40. The first-order valence-electron chi connectivity index (χ1n) is 10.1. The molecule has 0 amide bonds. The van der Waals surface area contributed by atoms with E-state index in [1.54, 1.807) is 11.6 Å². The van der Waals surface area contributed by atoms with Gasteiger partial charge in [-0.15, -0.1) is 21.5 Å². The van der Waals surface area contributed by atoms with Crippen molar-refractivity contribution < 1.29 is 4.42 Å². The van der Waals surface area contributed by atoms with E-state index < -0.39 is 0 Å². The molecule has 160 valence electrons. The fraction of sp³-hybridized carbons (Fsp3) is 0.167. The first kappa shape index (κ1) is 20.7. The van der Waals surface area contributed by atoms with Crippen molar-refractivity contribution in [3.05, 3.63) is 81.3 Å². The highest BCUT2D eigenvalue weighted by Gasteiger charge is 2.17. The van der Waals surface area contributed by atoms with Gasteiger partial charge in [0.05, 0.1) is 11.1 Å². The molecule has 3 aromatic heterocycles. The molecule has 32 heavy (non-hydrogen) atoms. The summed E-state index contributed by atoms with van der Waals surface area (Å²) in [4.78, 5) is 18.7. The Morgan fingerprint density at radius 1 is 1.03 bits per heavy atom. The lowest BCUT2D eigenvalue weighted by Crippen LogP contribution is -2.19. The lowest BCUT2D eigenvalue weighted by atomic mass is 10.0. The molecule has 5 rings (SSSR count). The molecule has 3 heterocycles. The van der Waals surface area contributed by atoms with Crippen molar-refractivity contribution in [2.45, 2.75) is 24.8 Å². The molecule has 0 aliphatic rings. The largest absolute Gasteiger partial charge is 0.420 e. The molecule has 2 aromatic carbocycles. The van der Waals surface area contributed by atoms with Crippen LogP contribution >= 0.6 is 23.1 Å². The van der Waals surface area contributed by atoms with Crippen molar-refractivity contribution in [2.75, 3.05) is 0 Å². The Labute approximate surface area is 193 Å². The number of fused-ring (bicyclic) bond motifs is 1. The summed E-state index contributed by atoms with van der Waals surface area (Å²) >= 11 is 2.90. The van der Waals surface area contributed by atoms with E-state index in [0.717, 1.165) is 21.5 Å². The molecule has 0 radical (unpaired) electrons. The van der Waals surface area contributed by atoms with E-state index in [1.165, 1.54) is 34.2 Å². The van der Waals surface area contributed by atoms with Gasteiger partial charge < -0.3 is 4.42 Å². The molecule has 0 N–H and O–H groups in total. The van der Waals surface area contributed by atoms with Crippen LogP contribution in [0.2, 0.25) is 0 Å². The predicted molar refractivity (Wildman–Crippen MR) is 129 cm³/mol. The van der Waals surface area contributed by atoms with Gasteiger partial charge in [-0.3, -0.25) is 9.36 Å². The number of thiophene rings is 1. The van der Waals surface area contributed by atoms with Crippen LogP contribution in [0.15, 0.2) is 68.3 Å². The summed E-state index contributed by atoms with van der Waals surface area (Å²) < 4.78 is 7.37. The number of rotatable bonds is 5. The highest BCUT2D eigenvalue weighted by atomic mass is 32.2. The molecule has 0 unspecified atom stereocenters. The molecule has 0 spiro atoms. The second kappa shape index (κ2) is 8.37. The number of thioether (sulfide) groups is 1. The van der Waals surface area contributed by atoms with Crippen LogP contribution in [-0.2, 0) is 12.8 Å². The van der Waals surface area contributed by atoms with Crippen LogP contribution in [0.4, 0.5) is 0 Å². The zero-order valence-electron chi connectivity index (χ0n) is 17.8. The van der Waals surface area contributed by atoms with Gasteiger partial charge in [0.1, 0.15) is 4.83 Å². The van der Waals surface area contributed by atoms with Crippen molar-refractivity contribution in [1.82, 2.24) is 19.7 Å². The van der Waals surface area contributed by atoms with Crippen molar-refractivity contribution in [1.29, 1.82) is 0 Å². The van der Waals surface area contributed by atoms with Gasteiger partial charge in [-0.25, -0.2) is 4.98 Å². The number of hydrogen-bond acceptors (Lipinski definition) is 7. The molecule has 5 aromatic rings. The third-order valence-electron chi connectivity index (χ3n) is 5.40. The average Bonchev–Trinajstić information content (AvgIpc) is 3.45. The van der Waals surface area contributed by atoms with Crippen molar-refractivity contribution in [2.24, 2.45) is 7.05 Å². The van der Waals surface area contributed by atoms with Gasteiger partial charge in [-0.2, -0.15) is 0 Å². The van der Waals surface area contributed by atoms with Gasteiger partial charge in [0.2, 0.25) is 11.8 Å². The Balaban J connectivity index is 1.44. The van der Waals surface area contributed by atoms with Crippen LogP contribution in [-0.4, -0.2) is 19.7 Å². The molecule has 0 saturated heterocycles. The Bertz CT molecular complexity index is 1490. The van der Waals surface area contributed by atoms with Crippen molar-refractivity contribution in [3.63, 3.8) is 0 Å². The molecular formula is C24H20N4O2S2. The van der Waals surface area contributed by atoms with Gasteiger partial charge in [0.15, 0.2) is 5.16 Å². The smallest absolute Gasteiger partial charge is 0.263 e. The van der Waals surface area contributed by atoms with Crippen LogP contribution in [0.3, 0.4) is 0 Å². The van der Waals surface area contributed by atoms with Crippen LogP contribution in [0.5, 0.6) is 0 Å². The molecule has 0 saturated carbocycles. The summed E-state index contributed by atoms with van der Waals surface area (Å²) in [5, 5.41) is 11.6. The van der Waals surface area contributed by atoms with Gasteiger partial charge >= 0.3 is 0 Å². The lowest BCUT2D eigenvalue weighted by Gasteiger charge is -2.08. The number of hydrogen-bond donors (Lipinski definition) is 0. The van der Waals surface area contributed by atoms with Crippen molar-refractivity contribution >= 4 is 33.3 Å². The third kappa shape index (κ3) is 3.76. The molecule has 0 atom stereocenters. The first-order valence-corrected chi connectivity index (χ1v) is 11.9. The quantitative estimate of drug-likeness (QED) is 0.250. The monoisotopic (exact) mass is 460 g/mol. The summed E-state index contributed by atoms with van der Waals surface area (Å²) in [7, 11) is 1.75. The number of benzene rings is 2. The highest BCUT2D eigenvalue weighted by Crippen LogP contribution is 2.33. The molecule has 6 nitrogen and oxygen atoms in total. The van der Waals surface area contributed by atoms with E-state index in [9.17, 15) is 4.79 Å². The number of aryl methyl sites for hydroxylation is 2. The fourth-order valence-electron chi connectivity index (χ4n) is 3.44. The summed E-state index contributed by atoms with van der Waals surface area (Å²) in [6.45, 7) is 4.17. The van der Waals surface area contributed by atoms with E-state index in [0.29, 0.717) is 28.1 Å². The fourth-order valence-corrected chi connectivity index (χ4v) is 5.24. The molecular weight excluding hydrogens is 440 g/mol. The molecule has 0 aliphatic heterocycles. The Morgan fingerprint density at radius 3 is 2.62 bits per heavy atom. The van der Waals surface area contributed by atoms with E-state index in [2.05, 4.69) is 42.2 Å². The SMILES string of the molecule is Cc1ccc(-c2csc3nc(SCc4nnc(-c5ccccc5)o4)n(C)c(=O)c23)cc1C. The summed E-state index contributed by atoms with van der Waals surface area (Å²) in [6, 6.07) is 15.9. The zero-order chi connectivity index (χ0) is 22.2. The molecule has 0 aliphatic carbocycles. The van der Waals surface area contributed by atoms with Gasteiger partial charge in [-0.05, 0) is 42.7 Å². The second-order valence-electron chi connectivity index (χ2n) is 7.54. The van der Waals surface area contributed by atoms with E-state index in [1.807, 2.05) is 35.7 Å². The van der Waals surface area contributed by atoms with Crippen LogP contribution in [0, 0.1) is 13.8 Å². The topological polar surface area (TPSA) is 73.8 Å². The third-order valence-corrected chi connectivity index (χ3v) is 7.29. The minimum atomic E-state index is -0.0533. The van der Waals surface area contributed by atoms with E-state index >= 15 is 0 Å². The standard InChI is InChI=1S/C24H20N4O2S2/c1-14-9-10-17(11-15(14)2)18-12-31-22-20(18)23(29)28(3)24(25-22)32-13-19-26-27-21(30-19)16-7-5-4-6-8-16/h4-12H,13H2,1-3H3. The van der Waals surface area contributed by atoms with Crippen LogP contribution in [0.1, 0.15) is 17.0 Å². The summed E-state index contributed by atoms with van der Waals surface area (Å²) in [5.41, 5.74) is 5.23. The minimum absolute atomic E-state index is 0.0533. The minimum Gasteiger partial charge on any atom is -0.420 e. The second-order valence-corrected chi connectivity index (χ2v) is 9.34. The normalized spacial score (nSPS) is 11.3. The van der Waals surface area contributed by atoms with Crippen LogP contribution in [0.25, 0.3) is 32.8 Å². The summed E-state index contributed by atoms with van der Waals surface area (Å²) in [5.74, 6) is 1.40. The zero-order valence-corrected chi connectivity index (χ0v) is 19.5. The predicted octanol–water partition coefficient (Wildman–Crippen LogP) is 5.62. The maximum atomic E-state index is 13.2. The number of aromatic nitrogens is 4. The van der Waals surface area contributed by atoms with E-state index in [-0.39, 0.29) is 5.56 Å². The van der Waals surface area contributed by atoms with Gasteiger partial charge in [0, 0.05) is 23.6 Å². The van der Waals surface area contributed by atoms with Crippen LogP contribution < -0.4 is 5.56 Å². The maximum absolute atomic E-state index is 13.2. The molecule has 8 heteroatoms. The summed E-state index contributed by atoms with van der Waals surface area (Å²) in [6.07, 6.45) is 0. The maximum Gasteiger partial charge on any atom is 0.263 e. The molecule has 0 fully saturated rings.